The number of methoxy groups -OCH3 is 1. The van der Waals surface area contributed by atoms with E-state index in [1.54, 1.807) is 11.8 Å². The standard InChI is InChI=1S/C11H19N3O3/c1-9(8-17-2)14-7-10(12-13-14)5-3-4-6-11(15)16/h7,9H,3-6,8H2,1-2H3,(H,15,16). The molecule has 0 bridgehead atoms. The van der Waals surface area contributed by atoms with Crippen molar-refractivity contribution in [2.75, 3.05) is 13.7 Å². The minimum atomic E-state index is -0.748. The number of aryl methyl sites for hydroxylation is 1. The highest BCUT2D eigenvalue weighted by Gasteiger charge is 2.07. The van der Waals surface area contributed by atoms with Gasteiger partial charge in [0, 0.05) is 19.7 Å². The van der Waals surface area contributed by atoms with Gasteiger partial charge in [-0.3, -0.25) is 4.79 Å². The zero-order valence-corrected chi connectivity index (χ0v) is 10.3. The van der Waals surface area contributed by atoms with E-state index in [2.05, 4.69) is 10.3 Å². The zero-order valence-electron chi connectivity index (χ0n) is 10.3. The van der Waals surface area contributed by atoms with Gasteiger partial charge in [-0.1, -0.05) is 5.21 Å². The van der Waals surface area contributed by atoms with Crippen LogP contribution in [0.3, 0.4) is 0 Å². The molecule has 1 aromatic heterocycles. The number of hydrogen-bond donors (Lipinski definition) is 1. The molecule has 0 saturated heterocycles. The van der Waals surface area contributed by atoms with Crippen molar-refractivity contribution in [1.82, 2.24) is 15.0 Å². The predicted molar refractivity (Wildman–Crippen MR) is 61.8 cm³/mol. The lowest BCUT2D eigenvalue weighted by Crippen LogP contribution is -2.11. The van der Waals surface area contributed by atoms with Gasteiger partial charge in [0.1, 0.15) is 0 Å². The van der Waals surface area contributed by atoms with E-state index in [0.717, 1.165) is 18.5 Å². The van der Waals surface area contributed by atoms with Gasteiger partial charge in [-0.2, -0.15) is 0 Å². The van der Waals surface area contributed by atoms with Gasteiger partial charge in [0.25, 0.3) is 0 Å². The lowest BCUT2D eigenvalue weighted by molar-refractivity contribution is -0.137. The van der Waals surface area contributed by atoms with E-state index >= 15 is 0 Å². The maximum Gasteiger partial charge on any atom is 0.303 e. The molecule has 0 radical (unpaired) electrons. The minimum absolute atomic E-state index is 0.167. The molecule has 0 aromatic carbocycles. The molecule has 1 rings (SSSR count). The first-order valence-electron chi connectivity index (χ1n) is 5.75. The first-order valence-corrected chi connectivity index (χ1v) is 5.75. The van der Waals surface area contributed by atoms with Crippen molar-refractivity contribution in [3.8, 4) is 0 Å². The fourth-order valence-corrected chi connectivity index (χ4v) is 1.54. The molecular weight excluding hydrogens is 222 g/mol. The Morgan fingerprint density at radius 1 is 1.59 bits per heavy atom. The molecule has 1 heterocycles. The van der Waals surface area contributed by atoms with E-state index in [-0.39, 0.29) is 12.5 Å². The van der Waals surface area contributed by atoms with Crippen LogP contribution < -0.4 is 0 Å². The highest BCUT2D eigenvalue weighted by Crippen LogP contribution is 2.07. The number of aromatic nitrogens is 3. The SMILES string of the molecule is COCC(C)n1cc(CCCCC(=O)O)nn1. The molecule has 0 amide bonds. The topological polar surface area (TPSA) is 77.2 Å². The molecule has 6 nitrogen and oxygen atoms in total. The number of nitrogens with zero attached hydrogens (tertiary/aromatic N) is 3. The van der Waals surface area contributed by atoms with Crippen LogP contribution >= 0.6 is 0 Å². The first kappa shape index (κ1) is 13.6. The Morgan fingerprint density at radius 3 is 3.00 bits per heavy atom. The van der Waals surface area contributed by atoms with Crippen molar-refractivity contribution in [2.45, 2.75) is 38.6 Å². The number of hydrogen-bond acceptors (Lipinski definition) is 4. The van der Waals surface area contributed by atoms with Gasteiger partial charge in [-0.15, -0.1) is 5.10 Å². The summed E-state index contributed by atoms with van der Waals surface area (Å²) < 4.78 is 6.81. The van der Waals surface area contributed by atoms with E-state index in [0.29, 0.717) is 13.0 Å². The predicted octanol–water partition coefficient (Wildman–Crippen LogP) is 1.28. The lowest BCUT2D eigenvalue weighted by Gasteiger charge is -2.08. The van der Waals surface area contributed by atoms with Gasteiger partial charge in [0.2, 0.25) is 0 Å². The molecule has 1 atom stereocenters. The summed E-state index contributed by atoms with van der Waals surface area (Å²) in [6.07, 6.45) is 4.38. The average molecular weight is 241 g/mol. The third kappa shape index (κ3) is 4.95. The van der Waals surface area contributed by atoms with Crippen molar-refractivity contribution in [1.29, 1.82) is 0 Å². The summed E-state index contributed by atoms with van der Waals surface area (Å²) in [4.78, 5) is 10.3. The second kappa shape index (κ2) is 7.01. The van der Waals surface area contributed by atoms with E-state index in [4.69, 9.17) is 9.84 Å². The van der Waals surface area contributed by atoms with E-state index in [1.807, 2.05) is 13.1 Å². The summed E-state index contributed by atoms with van der Waals surface area (Å²) in [6, 6.07) is 0.167. The molecule has 1 aromatic rings. The maximum absolute atomic E-state index is 10.3. The van der Waals surface area contributed by atoms with E-state index in [9.17, 15) is 4.79 Å². The Balaban J connectivity index is 2.32. The van der Waals surface area contributed by atoms with Gasteiger partial charge in [-0.25, -0.2) is 4.68 Å². The van der Waals surface area contributed by atoms with Crippen molar-refractivity contribution < 1.29 is 14.6 Å². The van der Waals surface area contributed by atoms with Crippen LogP contribution in [0.1, 0.15) is 37.9 Å². The number of rotatable bonds is 8. The van der Waals surface area contributed by atoms with Crippen LogP contribution in [-0.2, 0) is 16.0 Å². The number of aliphatic carboxylic acids is 1. The Kier molecular flexibility index (Phi) is 5.62. The number of carboxylic acid groups (broad SMARTS) is 1. The Hall–Kier alpha value is -1.43. The highest BCUT2D eigenvalue weighted by molar-refractivity contribution is 5.66. The average Bonchev–Trinajstić information content (AvgIpc) is 2.73. The van der Waals surface area contributed by atoms with Crippen LogP contribution in [-0.4, -0.2) is 39.8 Å². The first-order chi connectivity index (χ1) is 8.13. The Morgan fingerprint density at radius 2 is 2.35 bits per heavy atom. The molecule has 1 N–H and O–H groups in total. The Labute approximate surface area is 101 Å². The smallest absolute Gasteiger partial charge is 0.303 e. The van der Waals surface area contributed by atoms with Crippen LogP contribution in [0, 0.1) is 0 Å². The molecule has 1 unspecified atom stereocenters. The lowest BCUT2D eigenvalue weighted by atomic mass is 10.1. The van der Waals surface area contributed by atoms with Crippen LogP contribution in [0.25, 0.3) is 0 Å². The van der Waals surface area contributed by atoms with E-state index < -0.39 is 5.97 Å². The van der Waals surface area contributed by atoms with Crippen molar-refractivity contribution >= 4 is 5.97 Å². The largest absolute Gasteiger partial charge is 0.481 e. The van der Waals surface area contributed by atoms with Crippen molar-refractivity contribution in [3.63, 3.8) is 0 Å². The van der Waals surface area contributed by atoms with Crippen molar-refractivity contribution in [2.24, 2.45) is 0 Å². The van der Waals surface area contributed by atoms with E-state index in [1.165, 1.54) is 0 Å². The molecule has 0 aliphatic rings. The minimum Gasteiger partial charge on any atom is -0.481 e. The van der Waals surface area contributed by atoms with Gasteiger partial charge in [0.05, 0.1) is 18.3 Å². The highest BCUT2D eigenvalue weighted by atomic mass is 16.5. The molecule has 17 heavy (non-hydrogen) atoms. The number of unbranched alkanes of at least 4 members (excludes halogenated alkanes) is 1. The molecule has 0 fully saturated rings. The second-order valence-corrected chi connectivity index (χ2v) is 4.10. The number of carbonyl (C=O) groups is 1. The fourth-order valence-electron chi connectivity index (χ4n) is 1.54. The molecule has 0 aliphatic heterocycles. The summed E-state index contributed by atoms with van der Waals surface area (Å²) in [7, 11) is 1.65. The van der Waals surface area contributed by atoms with Gasteiger partial charge >= 0.3 is 5.97 Å². The summed E-state index contributed by atoms with van der Waals surface area (Å²) in [5, 5.41) is 16.6. The van der Waals surface area contributed by atoms with Crippen LogP contribution in [0.2, 0.25) is 0 Å². The quantitative estimate of drug-likeness (QED) is 0.694. The molecule has 6 heteroatoms. The van der Waals surface area contributed by atoms with Gasteiger partial charge in [0.15, 0.2) is 0 Å². The summed E-state index contributed by atoms with van der Waals surface area (Å²) in [5.41, 5.74) is 0.901. The molecular formula is C11H19N3O3. The molecule has 0 saturated carbocycles. The Bertz CT molecular complexity index is 351. The summed E-state index contributed by atoms with van der Waals surface area (Å²) in [6.45, 7) is 2.61. The van der Waals surface area contributed by atoms with Crippen LogP contribution in [0.5, 0.6) is 0 Å². The molecule has 0 aliphatic carbocycles. The van der Waals surface area contributed by atoms with Gasteiger partial charge < -0.3 is 9.84 Å². The monoisotopic (exact) mass is 241 g/mol. The second-order valence-electron chi connectivity index (χ2n) is 4.10. The number of ether oxygens (including phenoxy) is 1. The van der Waals surface area contributed by atoms with Crippen LogP contribution in [0.4, 0.5) is 0 Å². The molecule has 0 spiro atoms. The summed E-state index contributed by atoms with van der Waals surface area (Å²) in [5.74, 6) is -0.748. The van der Waals surface area contributed by atoms with Crippen LogP contribution in [0.15, 0.2) is 6.20 Å². The maximum atomic E-state index is 10.3. The van der Waals surface area contributed by atoms with Crippen molar-refractivity contribution in [3.05, 3.63) is 11.9 Å². The van der Waals surface area contributed by atoms with Gasteiger partial charge in [-0.05, 0) is 26.2 Å². The fraction of sp³-hybridized carbons (Fsp3) is 0.727. The third-order valence-corrected chi connectivity index (χ3v) is 2.49. The number of carboxylic acids is 1. The molecule has 96 valence electrons. The zero-order chi connectivity index (χ0) is 12.7. The summed E-state index contributed by atoms with van der Waals surface area (Å²) >= 11 is 0. The normalized spacial score (nSPS) is 12.6. The third-order valence-electron chi connectivity index (χ3n) is 2.49.